The monoisotopic (exact) mass is 311 g/mol. The predicted octanol–water partition coefficient (Wildman–Crippen LogP) is 7.51. The van der Waals surface area contributed by atoms with Crippen molar-refractivity contribution in [1.82, 2.24) is 0 Å². The molecule has 0 saturated carbocycles. The highest BCUT2D eigenvalue weighted by molar-refractivity contribution is 8.02. The molecule has 0 aromatic heterocycles. The van der Waals surface area contributed by atoms with Gasteiger partial charge in [-0.2, -0.15) is 0 Å². The van der Waals surface area contributed by atoms with E-state index in [1.54, 1.807) is 0 Å². The van der Waals surface area contributed by atoms with E-state index in [1.807, 2.05) is 11.8 Å². The van der Waals surface area contributed by atoms with Crippen LogP contribution < -0.4 is 0 Å². The quantitative estimate of drug-likeness (QED) is 0.320. The van der Waals surface area contributed by atoms with Crippen LogP contribution in [-0.2, 0) is 0 Å². The third kappa shape index (κ3) is 13.5. The van der Waals surface area contributed by atoms with E-state index >= 15 is 0 Å². The van der Waals surface area contributed by atoms with E-state index in [9.17, 15) is 0 Å². The van der Waals surface area contributed by atoms with Gasteiger partial charge < -0.3 is 0 Å². The van der Waals surface area contributed by atoms with Gasteiger partial charge in [0.1, 0.15) is 0 Å². The fourth-order valence-corrected chi connectivity index (χ4v) is 3.16. The number of allylic oxidation sites excluding steroid dienone is 1. The van der Waals surface area contributed by atoms with Gasteiger partial charge in [-0.25, -0.2) is 0 Å². The molecule has 0 spiro atoms. The Labute approximate surface area is 139 Å². The van der Waals surface area contributed by atoms with Crippen molar-refractivity contribution in [2.45, 2.75) is 85.0 Å². The molecule has 0 aliphatic carbocycles. The van der Waals surface area contributed by atoms with Crippen LogP contribution in [0.4, 0.5) is 0 Å². The molecule has 21 heavy (non-hydrogen) atoms. The minimum atomic E-state index is 0.813. The Morgan fingerprint density at radius 1 is 0.810 bits per heavy atom. The molecule has 0 bridgehead atoms. The van der Waals surface area contributed by atoms with Crippen LogP contribution in [0.3, 0.4) is 0 Å². The summed E-state index contributed by atoms with van der Waals surface area (Å²) in [6.45, 7) is 15.2. The summed E-state index contributed by atoms with van der Waals surface area (Å²) in [6.07, 6.45) is 15.5. The van der Waals surface area contributed by atoms with Crippen LogP contribution in [0, 0.1) is 24.7 Å². The maximum Gasteiger partial charge on any atom is -0.0140 e. The van der Waals surface area contributed by atoms with Crippen molar-refractivity contribution >= 4 is 11.8 Å². The van der Waals surface area contributed by atoms with Crippen molar-refractivity contribution in [2.24, 2.45) is 17.8 Å². The summed E-state index contributed by atoms with van der Waals surface area (Å²) < 4.78 is 0. The molecule has 0 rings (SSSR count). The molecule has 0 aliphatic rings. The van der Waals surface area contributed by atoms with Gasteiger partial charge in [0.2, 0.25) is 0 Å². The number of hydrogen-bond donors (Lipinski definition) is 0. The average Bonchev–Trinajstić information content (AvgIpc) is 2.46. The maximum absolute atomic E-state index is 4.06. The summed E-state index contributed by atoms with van der Waals surface area (Å²) in [4.78, 5) is 1.34. The van der Waals surface area contributed by atoms with E-state index in [-0.39, 0.29) is 0 Å². The molecule has 0 aromatic rings. The Balaban J connectivity index is 3.48. The molecule has 0 aliphatic heterocycles. The average molecular weight is 312 g/mol. The minimum Gasteiger partial charge on any atom is -0.135 e. The van der Waals surface area contributed by atoms with Crippen LogP contribution >= 0.6 is 11.8 Å². The molecule has 0 N–H and O–H groups in total. The van der Waals surface area contributed by atoms with Crippen LogP contribution in [0.15, 0.2) is 11.5 Å². The third-order valence-electron chi connectivity index (χ3n) is 4.72. The van der Waals surface area contributed by atoms with Crippen molar-refractivity contribution in [1.29, 1.82) is 0 Å². The lowest BCUT2D eigenvalue weighted by Crippen LogP contribution is -2.00. The van der Waals surface area contributed by atoms with Crippen LogP contribution in [0.25, 0.3) is 0 Å². The minimum absolute atomic E-state index is 0.813. The van der Waals surface area contributed by atoms with Crippen molar-refractivity contribution in [2.75, 3.05) is 6.26 Å². The summed E-state index contributed by atoms with van der Waals surface area (Å²) in [5.74, 6) is 2.61. The molecule has 0 amide bonds. The van der Waals surface area contributed by atoms with Crippen LogP contribution in [-0.4, -0.2) is 6.26 Å². The highest BCUT2D eigenvalue weighted by atomic mass is 32.2. The van der Waals surface area contributed by atoms with E-state index in [0.717, 1.165) is 24.2 Å². The number of hydrogen-bond acceptors (Lipinski definition) is 1. The predicted molar refractivity (Wildman–Crippen MR) is 102 cm³/mol. The Kier molecular flexibility index (Phi) is 13.8. The third-order valence-corrected chi connectivity index (χ3v) is 5.50. The fraction of sp³-hybridized carbons (Fsp3) is 0.850. The second-order valence-electron chi connectivity index (χ2n) is 7.10. The second-order valence-corrected chi connectivity index (χ2v) is 8.09. The molecular weight excluding hydrogens is 272 g/mol. The van der Waals surface area contributed by atoms with E-state index < -0.39 is 0 Å². The van der Waals surface area contributed by atoms with Gasteiger partial charge in [0, 0.05) is 0 Å². The van der Waals surface area contributed by atoms with Gasteiger partial charge in [0.05, 0.1) is 0 Å². The van der Waals surface area contributed by atoms with Crippen molar-refractivity contribution in [3.8, 4) is 0 Å². The lowest BCUT2D eigenvalue weighted by atomic mass is 9.91. The van der Waals surface area contributed by atoms with Gasteiger partial charge in [-0.3, -0.25) is 0 Å². The van der Waals surface area contributed by atoms with Crippen molar-refractivity contribution < 1.29 is 0 Å². The molecule has 1 heteroatoms. The summed E-state index contributed by atoms with van der Waals surface area (Å²) >= 11 is 1.81. The molecule has 1 radical (unpaired) electrons. The first-order valence-electron chi connectivity index (χ1n) is 9.00. The zero-order valence-electron chi connectivity index (χ0n) is 15.1. The molecule has 3 atom stereocenters. The van der Waals surface area contributed by atoms with Crippen molar-refractivity contribution in [3.63, 3.8) is 0 Å². The van der Waals surface area contributed by atoms with Gasteiger partial charge in [0.25, 0.3) is 0 Å². The molecular formula is C20H39S. The normalized spacial score (nSPS) is 15.7. The molecule has 0 saturated heterocycles. The highest BCUT2D eigenvalue weighted by Gasteiger charge is 2.07. The smallest absolute Gasteiger partial charge is 0.0140 e. The number of thioether (sulfide) groups is 1. The van der Waals surface area contributed by atoms with Gasteiger partial charge >= 0.3 is 0 Å². The fourth-order valence-electron chi connectivity index (χ4n) is 2.81. The summed E-state index contributed by atoms with van der Waals surface area (Å²) in [7, 11) is 0. The Morgan fingerprint density at radius 3 is 1.67 bits per heavy atom. The standard InChI is InChI=1S/C20H39S/c1-7-17(2)11-8-12-18(3)13-9-14-19(4)15-10-16-20(5)21-6/h17-19H,1,5,7-16H2,2-4,6H3. The number of rotatable bonds is 14. The molecule has 0 nitrogen and oxygen atoms in total. The zero-order valence-corrected chi connectivity index (χ0v) is 15.9. The summed E-state index contributed by atoms with van der Waals surface area (Å²) in [5, 5.41) is 0. The van der Waals surface area contributed by atoms with E-state index in [4.69, 9.17) is 0 Å². The van der Waals surface area contributed by atoms with Crippen LogP contribution in [0.1, 0.15) is 85.0 Å². The first kappa shape index (κ1) is 21.1. The van der Waals surface area contributed by atoms with E-state index in [2.05, 4.69) is 40.5 Å². The largest absolute Gasteiger partial charge is 0.135 e. The highest BCUT2D eigenvalue weighted by Crippen LogP contribution is 2.23. The molecule has 3 unspecified atom stereocenters. The first-order valence-corrected chi connectivity index (χ1v) is 10.2. The molecule has 0 heterocycles. The van der Waals surface area contributed by atoms with Gasteiger partial charge in [-0.15, -0.1) is 11.8 Å². The van der Waals surface area contributed by atoms with E-state index in [1.165, 1.54) is 62.7 Å². The van der Waals surface area contributed by atoms with Crippen molar-refractivity contribution in [3.05, 3.63) is 18.4 Å². The molecule has 0 fully saturated rings. The maximum atomic E-state index is 4.06. The zero-order chi connectivity index (χ0) is 16.1. The lowest BCUT2D eigenvalue weighted by Gasteiger charge is -2.15. The van der Waals surface area contributed by atoms with Crippen LogP contribution in [0.5, 0.6) is 0 Å². The second kappa shape index (κ2) is 13.7. The Morgan fingerprint density at radius 2 is 1.24 bits per heavy atom. The first-order chi connectivity index (χ1) is 9.99. The Hall–Kier alpha value is 0.0900. The summed E-state index contributed by atoms with van der Waals surface area (Å²) in [6, 6.07) is 0. The van der Waals surface area contributed by atoms with Gasteiger partial charge in [-0.05, 0) is 41.8 Å². The van der Waals surface area contributed by atoms with E-state index in [0.29, 0.717) is 0 Å². The topological polar surface area (TPSA) is 0 Å². The SMILES string of the molecule is [CH2]CC(C)CCCC(C)CCCC(C)CCCC(=C)SC. The van der Waals surface area contributed by atoms with Crippen LogP contribution in [0.2, 0.25) is 0 Å². The summed E-state index contributed by atoms with van der Waals surface area (Å²) in [5.41, 5.74) is 0. The van der Waals surface area contributed by atoms with Gasteiger partial charge in [-0.1, -0.05) is 85.6 Å². The molecule has 125 valence electrons. The Bertz CT molecular complexity index is 246. The molecule has 0 aromatic carbocycles. The van der Waals surface area contributed by atoms with Gasteiger partial charge in [0.15, 0.2) is 0 Å². The lowest BCUT2D eigenvalue weighted by molar-refractivity contribution is 0.385.